The minimum atomic E-state index is -1.10. The van der Waals surface area contributed by atoms with Crippen LogP contribution in [0.1, 0.15) is 39.5 Å². The van der Waals surface area contributed by atoms with Crippen LogP contribution in [0.2, 0.25) is 0 Å². The average molecular weight is 268 g/mol. The minimum Gasteiger partial charge on any atom is -0.376 e. The maximum atomic E-state index is 12.5. The van der Waals surface area contributed by atoms with Crippen molar-refractivity contribution in [2.45, 2.75) is 45.6 Å². The highest BCUT2D eigenvalue weighted by Crippen LogP contribution is 2.32. The summed E-state index contributed by atoms with van der Waals surface area (Å²) < 4.78 is 5.46. The molecular weight excluding hydrogens is 248 g/mol. The van der Waals surface area contributed by atoms with Crippen LogP contribution in [-0.2, 0) is 14.3 Å². The summed E-state index contributed by atoms with van der Waals surface area (Å²) in [6.07, 6.45) is 2.47. The molecule has 1 N–H and O–H groups in total. The number of nitrogens with zero attached hydrogens (tertiary/aromatic N) is 1. The van der Waals surface area contributed by atoms with E-state index in [2.05, 4.69) is 5.32 Å². The highest BCUT2D eigenvalue weighted by molar-refractivity contribution is 6.19. The summed E-state index contributed by atoms with van der Waals surface area (Å²) in [7, 11) is 0. The largest absolute Gasteiger partial charge is 0.376 e. The van der Waals surface area contributed by atoms with E-state index in [1.165, 1.54) is 0 Å². The second-order valence-corrected chi connectivity index (χ2v) is 5.10. The number of rotatable bonds is 4. The van der Waals surface area contributed by atoms with Crippen LogP contribution in [-0.4, -0.2) is 42.0 Å². The third-order valence-corrected chi connectivity index (χ3v) is 4.17. The summed E-state index contributed by atoms with van der Waals surface area (Å²) in [4.78, 5) is 37.5. The maximum Gasteiger partial charge on any atom is 0.330 e. The maximum absolute atomic E-state index is 12.5. The molecule has 0 spiro atoms. The third-order valence-electron chi connectivity index (χ3n) is 4.17. The molecule has 2 aliphatic rings. The van der Waals surface area contributed by atoms with Crippen LogP contribution in [0.3, 0.4) is 0 Å². The molecule has 6 nitrogen and oxygen atoms in total. The molecule has 4 amide bonds. The molecule has 2 rings (SSSR count). The van der Waals surface area contributed by atoms with E-state index in [-0.39, 0.29) is 18.6 Å². The molecule has 19 heavy (non-hydrogen) atoms. The lowest BCUT2D eigenvalue weighted by Gasteiger charge is -2.38. The lowest BCUT2D eigenvalue weighted by molar-refractivity contribution is -0.153. The molecule has 0 aromatic carbocycles. The fourth-order valence-corrected chi connectivity index (χ4v) is 2.76. The van der Waals surface area contributed by atoms with Gasteiger partial charge >= 0.3 is 6.03 Å². The standard InChI is InChI=1S/C13H20N2O4/c1-3-13(4-2)10(16)14-12(18)15(11(13)17)8-9-6-5-7-19-9/h9H,3-8H2,1-2H3,(H,14,16,18). The van der Waals surface area contributed by atoms with E-state index >= 15 is 0 Å². The van der Waals surface area contributed by atoms with Crippen molar-refractivity contribution in [3.05, 3.63) is 0 Å². The molecule has 6 heteroatoms. The van der Waals surface area contributed by atoms with Crippen molar-refractivity contribution >= 4 is 17.8 Å². The van der Waals surface area contributed by atoms with Crippen molar-refractivity contribution in [1.82, 2.24) is 10.2 Å². The Labute approximate surface area is 112 Å². The molecule has 0 saturated carbocycles. The van der Waals surface area contributed by atoms with Gasteiger partial charge in [-0.25, -0.2) is 4.79 Å². The zero-order chi connectivity index (χ0) is 14.0. The molecule has 0 aromatic rings. The summed E-state index contributed by atoms with van der Waals surface area (Å²) in [6, 6.07) is -0.622. The molecule has 0 radical (unpaired) electrons. The molecule has 2 aliphatic heterocycles. The van der Waals surface area contributed by atoms with Gasteiger partial charge in [0.25, 0.3) is 0 Å². The summed E-state index contributed by atoms with van der Waals surface area (Å²) in [5, 5.41) is 2.30. The Balaban J connectivity index is 2.20. The number of barbiturate groups is 1. The van der Waals surface area contributed by atoms with Crippen LogP contribution < -0.4 is 5.32 Å². The lowest BCUT2D eigenvalue weighted by atomic mass is 9.78. The first-order valence-electron chi connectivity index (χ1n) is 6.84. The summed E-state index contributed by atoms with van der Waals surface area (Å²) in [6.45, 7) is 4.49. The van der Waals surface area contributed by atoms with Gasteiger partial charge in [-0.3, -0.25) is 19.8 Å². The molecule has 0 aliphatic carbocycles. The van der Waals surface area contributed by atoms with Crippen LogP contribution in [0, 0.1) is 5.41 Å². The highest BCUT2D eigenvalue weighted by Gasteiger charge is 2.51. The number of nitrogens with one attached hydrogen (secondary N) is 1. The third kappa shape index (κ3) is 2.25. The van der Waals surface area contributed by atoms with Gasteiger partial charge in [-0.15, -0.1) is 0 Å². The van der Waals surface area contributed by atoms with Crippen molar-refractivity contribution in [3.8, 4) is 0 Å². The van der Waals surface area contributed by atoms with E-state index in [9.17, 15) is 14.4 Å². The predicted molar refractivity (Wildman–Crippen MR) is 67.2 cm³/mol. The first-order chi connectivity index (χ1) is 9.05. The lowest BCUT2D eigenvalue weighted by Crippen LogP contribution is -2.64. The highest BCUT2D eigenvalue weighted by atomic mass is 16.5. The first kappa shape index (κ1) is 14.0. The van der Waals surface area contributed by atoms with Crippen LogP contribution in [0.15, 0.2) is 0 Å². The fraction of sp³-hybridized carbons (Fsp3) is 0.769. The Morgan fingerprint density at radius 3 is 2.53 bits per heavy atom. The number of ether oxygens (including phenoxy) is 1. The second kappa shape index (κ2) is 5.28. The van der Waals surface area contributed by atoms with Crippen LogP contribution in [0.4, 0.5) is 4.79 Å². The molecule has 0 aromatic heterocycles. The Morgan fingerprint density at radius 2 is 2.00 bits per heavy atom. The molecule has 2 saturated heterocycles. The number of imide groups is 2. The topological polar surface area (TPSA) is 75.7 Å². The van der Waals surface area contributed by atoms with Crippen molar-refractivity contribution in [2.24, 2.45) is 5.41 Å². The van der Waals surface area contributed by atoms with Gasteiger partial charge in [0, 0.05) is 6.61 Å². The van der Waals surface area contributed by atoms with Gasteiger partial charge in [0.15, 0.2) is 0 Å². The van der Waals surface area contributed by atoms with Crippen molar-refractivity contribution in [2.75, 3.05) is 13.2 Å². The van der Waals surface area contributed by atoms with Crippen LogP contribution >= 0.6 is 0 Å². The summed E-state index contributed by atoms with van der Waals surface area (Å²) >= 11 is 0. The SMILES string of the molecule is CCC1(CC)C(=O)NC(=O)N(CC2CCCO2)C1=O. The second-order valence-electron chi connectivity index (χ2n) is 5.10. The Morgan fingerprint density at radius 1 is 1.32 bits per heavy atom. The Hall–Kier alpha value is -1.43. The number of hydrogen-bond acceptors (Lipinski definition) is 4. The summed E-state index contributed by atoms with van der Waals surface area (Å²) in [5.41, 5.74) is -1.10. The van der Waals surface area contributed by atoms with Gasteiger partial charge in [-0.2, -0.15) is 0 Å². The number of carbonyl (C=O) groups excluding carboxylic acids is 3. The monoisotopic (exact) mass is 268 g/mol. The van der Waals surface area contributed by atoms with Gasteiger partial charge in [-0.1, -0.05) is 13.8 Å². The minimum absolute atomic E-state index is 0.102. The molecule has 2 heterocycles. The smallest absolute Gasteiger partial charge is 0.330 e. The molecular formula is C13H20N2O4. The van der Waals surface area contributed by atoms with Crippen molar-refractivity contribution in [1.29, 1.82) is 0 Å². The molecule has 106 valence electrons. The van der Waals surface area contributed by atoms with Gasteiger partial charge < -0.3 is 4.74 Å². The van der Waals surface area contributed by atoms with Gasteiger partial charge in [0.2, 0.25) is 11.8 Å². The number of hydrogen-bond donors (Lipinski definition) is 1. The molecule has 1 unspecified atom stereocenters. The van der Waals surface area contributed by atoms with Gasteiger partial charge in [0.1, 0.15) is 5.41 Å². The van der Waals surface area contributed by atoms with E-state index in [1.54, 1.807) is 13.8 Å². The zero-order valence-electron chi connectivity index (χ0n) is 11.4. The van der Waals surface area contributed by atoms with Crippen LogP contribution in [0.5, 0.6) is 0 Å². The van der Waals surface area contributed by atoms with E-state index in [0.29, 0.717) is 19.4 Å². The number of urea groups is 1. The quantitative estimate of drug-likeness (QED) is 0.773. The normalized spacial score (nSPS) is 26.7. The molecule has 1 atom stereocenters. The Kier molecular flexibility index (Phi) is 3.89. The Bertz CT molecular complexity index is 397. The zero-order valence-corrected chi connectivity index (χ0v) is 11.4. The molecule has 0 bridgehead atoms. The van der Waals surface area contributed by atoms with E-state index < -0.39 is 17.4 Å². The fourth-order valence-electron chi connectivity index (χ4n) is 2.76. The van der Waals surface area contributed by atoms with Crippen molar-refractivity contribution < 1.29 is 19.1 Å². The van der Waals surface area contributed by atoms with E-state index in [4.69, 9.17) is 4.74 Å². The van der Waals surface area contributed by atoms with Gasteiger partial charge in [-0.05, 0) is 25.7 Å². The van der Waals surface area contributed by atoms with Gasteiger partial charge in [0.05, 0.1) is 12.6 Å². The predicted octanol–water partition coefficient (Wildman–Crippen LogP) is 1.05. The van der Waals surface area contributed by atoms with Crippen molar-refractivity contribution in [3.63, 3.8) is 0 Å². The summed E-state index contributed by atoms with van der Waals surface area (Å²) in [5.74, 6) is -0.863. The first-order valence-corrected chi connectivity index (χ1v) is 6.84. The molecule has 2 fully saturated rings. The number of carbonyl (C=O) groups is 3. The van der Waals surface area contributed by atoms with E-state index in [0.717, 1.165) is 17.7 Å². The average Bonchev–Trinajstić information content (AvgIpc) is 2.89. The van der Waals surface area contributed by atoms with E-state index in [1.807, 2.05) is 0 Å². The van der Waals surface area contributed by atoms with Crippen LogP contribution in [0.25, 0.3) is 0 Å². The number of amides is 4.